The summed E-state index contributed by atoms with van der Waals surface area (Å²) in [6, 6.07) is 4.20. The van der Waals surface area contributed by atoms with Gasteiger partial charge in [0.2, 0.25) is 0 Å². The molecule has 0 atom stereocenters. The van der Waals surface area contributed by atoms with Crippen molar-refractivity contribution in [3.8, 4) is 0 Å². The van der Waals surface area contributed by atoms with Gasteiger partial charge in [0.1, 0.15) is 18.1 Å². The molecule has 0 aliphatic heterocycles. The SMILES string of the molecule is CCOC(=O)Cn1c(=NC(=O)c2c(C)cnn2C)sc2cc(F)ccc21. The van der Waals surface area contributed by atoms with E-state index in [0.29, 0.717) is 26.3 Å². The Morgan fingerprint density at radius 2 is 2.15 bits per heavy atom. The fraction of sp³-hybridized carbons (Fsp3) is 0.294. The Balaban J connectivity index is 2.14. The van der Waals surface area contributed by atoms with Crippen LogP contribution in [0.1, 0.15) is 23.0 Å². The number of rotatable bonds is 4. The summed E-state index contributed by atoms with van der Waals surface area (Å²) in [5.41, 5.74) is 1.67. The van der Waals surface area contributed by atoms with E-state index in [0.717, 1.165) is 11.3 Å². The van der Waals surface area contributed by atoms with Crippen molar-refractivity contribution in [2.45, 2.75) is 20.4 Å². The number of carbonyl (C=O) groups is 2. The van der Waals surface area contributed by atoms with Crippen molar-refractivity contribution in [1.82, 2.24) is 14.3 Å². The first kappa shape index (κ1) is 18.0. The molecule has 3 rings (SSSR count). The zero-order chi connectivity index (χ0) is 18.8. The first-order valence-corrected chi connectivity index (χ1v) is 8.74. The molecule has 0 aliphatic rings. The summed E-state index contributed by atoms with van der Waals surface area (Å²) in [7, 11) is 1.66. The maximum atomic E-state index is 13.5. The van der Waals surface area contributed by atoms with Crippen LogP contribution in [0.15, 0.2) is 29.4 Å². The number of hydrogen-bond acceptors (Lipinski definition) is 5. The molecule has 7 nitrogen and oxygen atoms in total. The smallest absolute Gasteiger partial charge is 0.326 e. The highest BCUT2D eigenvalue weighted by atomic mass is 32.1. The summed E-state index contributed by atoms with van der Waals surface area (Å²) < 4.78 is 22.1. The molecule has 0 saturated carbocycles. The van der Waals surface area contributed by atoms with Gasteiger partial charge in [-0.05, 0) is 32.0 Å². The molecule has 0 bridgehead atoms. The predicted molar refractivity (Wildman–Crippen MR) is 94.2 cm³/mol. The number of nitrogens with zero attached hydrogens (tertiary/aromatic N) is 4. The fourth-order valence-corrected chi connectivity index (χ4v) is 3.67. The van der Waals surface area contributed by atoms with Crippen LogP contribution in [0.3, 0.4) is 0 Å². The van der Waals surface area contributed by atoms with E-state index in [1.807, 2.05) is 0 Å². The number of aryl methyl sites for hydroxylation is 2. The summed E-state index contributed by atoms with van der Waals surface area (Å²) in [5.74, 6) is -1.34. The lowest BCUT2D eigenvalue weighted by Crippen LogP contribution is -2.23. The minimum atomic E-state index is -0.480. The monoisotopic (exact) mass is 376 g/mol. The van der Waals surface area contributed by atoms with Gasteiger partial charge in [-0.15, -0.1) is 0 Å². The van der Waals surface area contributed by atoms with E-state index in [1.54, 1.807) is 37.7 Å². The molecule has 3 aromatic rings. The number of ether oxygens (including phenoxy) is 1. The van der Waals surface area contributed by atoms with Gasteiger partial charge in [-0.2, -0.15) is 10.1 Å². The second-order valence-electron chi connectivity index (χ2n) is 5.60. The van der Waals surface area contributed by atoms with Crippen LogP contribution in [0, 0.1) is 12.7 Å². The Morgan fingerprint density at radius 3 is 2.81 bits per heavy atom. The van der Waals surface area contributed by atoms with Crippen LogP contribution >= 0.6 is 11.3 Å². The van der Waals surface area contributed by atoms with Crippen LogP contribution in [0.4, 0.5) is 4.39 Å². The van der Waals surface area contributed by atoms with E-state index in [4.69, 9.17) is 4.74 Å². The van der Waals surface area contributed by atoms with Crippen LogP contribution in [0.5, 0.6) is 0 Å². The van der Waals surface area contributed by atoms with Crippen molar-refractivity contribution in [2.24, 2.45) is 12.0 Å². The van der Waals surface area contributed by atoms with Crippen LogP contribution in [0.2, 0.25) is 0 Å². The predicted octanol–water partition coefficient (Wildman–Crippen LogP) is 2.19. The molecule has 1 aromatic carbocycles. The molecule has 0 N–H and O–H groups in total. The number of amides is 1. The second kappa shape index (κ2) is 7.20. The average Bonchev–Trinajstić information content (AvgIpc) is 3.07. The van der Waals surface area contributed by atoms with E-state index >= 15 is 0 Å². The highest BCUT2D eigenvalue weighted by Gasteiger charge is 2.16. The average molecular weight is 376 g/mol. The van der Waals surface area contributed by atoms with Crippen LogP contribution in [0.25, 0.3) is 10.2 Å². The van der Waals surface area contributed by atoms with E-state index in [9.17, 15) is 14.0 Å². The summed E-state index contributed by atoms with van der Waals surface area (Å²) >= 11 is 1.13. The summed E-state index contributed by atoms with van der Waals surface area (Å²) in [4.78, 5) is 29.0. The minimum absolute atomic E-state index is 0.115. The first-order valence-electron chi connectivity index (χ1n) is 7.93. The molecule has 26 heavy (non-hydrogen) atoms. The van der Waals surface area contributed by atoms with E-state index in [-0.39, 0.29) is 13.2 Å². The van der Waals surface area contributed by atoms with Crippen molar-refractivity contribution in [2.75, 3.05) is 6.61 Å². The molecule has 0 fully saturated rings. The van der Waals surface area contributed by atoms with Crippen LogP contribution < -0.4 is 4.80 Å². The zero-order valence-corrected chi connectivity index (χ0v) is 15.3. The van der Waals surface area contributed by atoms with E-state index < -0.39 is 17.7 Å². The van der Waals surface area contributed by atoms with Crippen LogP contribution in [-0.2, 0) is 23.1 Å². The Labute approximate surface area is 152 Å². The largest absolute Gasteiger partial charge is 0.465 e. The van der Waals surface area contributed by atoms with Crippen molar-refractivity contribution in [3.63, 3.8) is 0 Å². The van der Waals surface area contributed by atoms with Gasteiger partial charge in [0, 0.05) is 12.6 Å². The molecular formula is C17H17FN4O3S. The Hall–Kier alpha value is -2.81. The molecule has 0 saturated heterocycles. The standard InChI is InChI=1S/C17H17FN4O3S/c1-4-25-14(23)9-22-12-6-5-11(18)7-13(12)26-17(22)20-16(24)15-10(2)8-19-21(15)3/h5-8H,4,9H2,1-3H3. The minimum Gasteiger partial charge on any atom is -0.465 e. The Bertz CT molecular complexity index is 1040. The van der Waals surface area contributed by atoms with E-state index in [2.05, 4.69) is 10.1 Å². The number of esters is 1. The highest BCUT2D eigenvalue weighted by molar-refractivity contribution is 7.16. The third kappa shape index (κ3) is 3.43. The number of hydrogen-bond donors (Lipinski definition) is 0. The Kier molecular flexibility index (Phi) is 4.99. The maximum absolute atomic E-state index is 13.5. The van der Waals surface area contributed by atoms with Crippen molar-refractivity contribution in [1.29, 1.82) is 0 Å². The van der Waals surface area contributed by atoms with Gasteiger partial charge in [0.05, 0.1) is 23.0 Å². The number of carbonyl (C=O) groups excluding carboxylic acids is 2. The lowest BCUT2D eigenvalue weighted by Gasteiger charge is -2.05. The normalized spacial score (nSPS) is 11.9. The molecular weight excluding hydrogens is 359 g/mol. The third-order valence-electron chi connectivity index (χ3n) is 3.76. The van der Waals surface area contributed by atoms with Gasteiger partial charge in [-0.3, -0.25) is 14.3 Å². The highest BCUT2D eigenvalue weighted by Crippen LogP contribution is 2.19. The first-order chi connectivity index (χ1) is 12.4. The van der Waals surface area contributed by atoms with Gasteiger partial charge < -0.3 is 9.30 Å². The maximum Gasteiger partial charge on any atom is 0.326 e. The van der Waals surface area contributed by atoms with Gasteiger partial charge in [-0.1, -0.05) is 11.3 Å². The van der Waals surface area contributed by atoms with Gasteiger partial charge in [0.15, 0.2) is 4.80 Å². The molecule has 0 aliphatic carbocycles. The molecule has 1 amide bonds. The molecule has 2 heterocycles. The molecule has 136 valence electrons. The molecule has 0 unspecified atom stereocenters. The zero-order valence-electron chi connectivity index (χ0n) is 14.5. The lowest BCUT2D eigenvalue weighted by atomic mass is 10.3. The number of thiazole rings is 1. The number of aromatic nitrogens is 3. The summed E-state index contributed by atoms with van der Waals surface area (Å²) in [5, 5.41) is 4.04. The summed E-state index contributed by atoms with van der Waals surface area (Å²) in [6.45, 7) is 3.61. The van der Waals surface area contributed by atoms with Crippen molar-refractivity contribution < 1.29 is 18.7 Å². The molecule has 2 aromatic heterocycles. The van der Waals surface area contributed by atoms with Gasteiger partial charge in [-0.25, -0.2) is 4.39 Å². The van der Waals surface area contributed by atoms with Gasteiger partial charge in [0.25, 0.3) is 5.91 Å². The topological polar surface area (TPSA) is 78.5 Å². The van der Waals surface area contributed by atoms with Crippen LogP contribution in [-0.4, -0.2) is 32.8 Å². The number of fused-ring (bicyclic) bond motifs is 1. The second-order valence-corrected chi connectivity index (χ2v) is 6.61. The third-order valence-corrected chi connectivity index (χ3v) is 4.80. The van der Waals surface area contributed by atoms with Crippen molar-refractivity contribution in [3.05, 3.63) is 46.3 Å². The Morgan fingerprint density at radius 1 is 1.38 bits per heavy atom. The lowest BCUT2D eigenvalue weighted by molar-refractivity contribution is -0.143. The quantitative estimate of drug-likeness (QED) is 0.654. The molecule has 0 spiro atoms. The number of benzene rings is 1. The fourth-order valence-electron chi connectivity index (χ4n) is 2.62. The van der Waals surface area contributed by atoms with Crippen molar-refractivity contribution >= 4 is 33.4 Å². The number of halogens is 1. The molecule has 0 radical (unpaired) electrons. The van der Waals surface area contributed by atoms with E-state index in [1.165, 1.54) is 16.8 Å². The molecule has 9 heteroatoms. The summed E-state index contributed by atoms with van der Waals surface area (Å²) in [6.07, 6.45) is 1.58. The van der Waals surface area contributed by atoms with Gasteiger partial charge >= 0.3 is 5.97 Å².